The van der Waals surface area contributed by atoms with E-state index < -0.39 is 0 Å². The van der Waals surface area contributed by atoms with Crippen molar-refractivity contribution in [1.82, 2.24) is 19.5 Å². The highest BCUT2D eigenvalue weighted by atomic mass is 32.1. The van der Waals surface area contributed by atoms with Crippen LogP contribution in [0, 0.1) is 0 Å². The topological polar surface area (TPSA) is 43.6 Å². The number of rotatable bonds is 4. The zero-order valence-corrected chi connectivity index (χ0v) is 28.7. The lowest BCUT2D eigenvalue weighted by Gasteiger charge is -2.13. The molecule has 4 aromatic heterocycles. The lowest BCUT2D eigenvalue weighted by Crippen LogP contribution is -2.01. The van der Waals surface area contributed by atoms with Crippen LogP contribution in [-0.4, -0.2) is 19.5 Å². The van der Waals surface area contributed by atoms with E-state index in [4.69, 9.17) is 15.0 Å². The Morgan fingerprint density at radius 3 is 1.67 bits per heavy atom. The van der Waals surface area contributed by atoms with E-state index in [1.807, 2.05) is 59.1 Å². The first-order chi connectivity index (χ1) is 25.3. The monoisotopic (exact) mass is 686 g/mol. The molecular formula is C45H26N4S2. The summed E-state index contributed by atoms with van der Waals surface area (Å²) in [5.41, 5.74) is 6.34. The molecule has 0 saturated heterocycles. The maximum absolute atomic E-state index is 5.23. The molecule has 11 rings (SSSR count). The molecule has 0 amide bonds. The Balaban J connectivity index is 1.25. The van der Waals surface area contributed by atoms with Crippen LogP contribution in [-0.2, 0) is 0 Å². The van der Waals surface area contributed by atoms with Crippen molar-refractivity contribution in [2.75, 3.05) is 0 Å². The first-order valence-corrected chi connectivity index (χ1v) is 18.6. The van der Waals surface area contributed by atoms with Crippen LogP contribution in [0.1, 0.15) is 0 Å². The number of para-hydroxylation sites is 1. The third kappa shape index (κ3) is 4.47. The Kier molecular flexibility index (Phi) is 6.26. The van der Waals surface area contributed by atoms with Crippen molar-refractivity contribution in [3.63, 3.8) is 0 Å². The molecular weight excluding hydrogens is 661 g/mol. The second-order valence-electron chi connectivity index (χ2n) is 12.8. The molecule has 0 radical (unpaired) electrons. The summed E-state index contributed by atoms with van der Waals surface area (Å²) in [5.74, 6) is 1.97. The zero-order valence-electron chi connectivity index (χ0n) is 27.1. The molecule has 6 heteroatoms. The van der Waals surface area contributed by atoms with Crippen molar-refractivity contribution >= 4 is 84.8 Å². The summed E-state index contributed by atoms with van der Waals surface area (Å²) in [5, 5.41) is 7.44. The molecule has 0 N–H and O–H groups in total. The smallest absolute Gasteiger partial charge is 0.164 e. The summed E-state index contributed by atoms with van der Waals surface area (Å²) in [6.45, 7) is 0. The molecule has 0 saturated carbocycles. The molecule has 0 spiro atoms. The summed E-state index contributed by atoms with van der Waals surface area (Å²) in [7, 11) is 0. The number of benzene rings is 7. The lowest BCUT2D eigenvalue weighted by molar-refractivity contribution is 1.07. The molecule has 0 bridgehead atoms. The van der Waals surface area contributed by atoms with Crippen LogP contribution >= 0.6 is 22.7 Å². The number of hydrogen-bond donors (Lipinski definition) is 0. The van der Waals surface area contributed by atoms with E-state index in [0.29, 0.717) is 17.5 Å². The Morgan fingerprint density at radius 1 is 0.373 bits per heavy atom. The maximum atomic E-state index is 5.23. The van der Waals surface area contributed by atoms with Gasteiger partial charge in [0.1, 0.15) is 0 Å². The second kappa shape index (κ2) is 11.2. The fourth-order valence-electron chi connectivity index (χ4n) is 7.54. The predicted molar refractivity (Wildman–Crippen MR) is 216 cm³/mol. The van der Waals surface area contributed by atoms with Gasteiger partial charge in [0, 0.05) is 73.5 Å². The van der Waals surface area contributed by atoms with E-state index in [1.165, 1.54) is 56.8 Å². The van der Waals surface area contributed by atoms with Crippen molar-refractivity contribution in [2.45, 2.75) is 0 Å². The first kappa shape index (κ1) is 28.6. The molecule has 51 heavy (non-hydrogen) atoms. The van der Waals surface area contributed by atoms with Gasteiger partial charge in [-0.1, -0.05) is 115 Å². The standard InChI is InChI=1S/C45H26N4S2/c1-3-13-27(14-4-1)43-46-44(28-15-5-2-6-16-28)48-45(47-43)35-23-29(24-41-42(35)32-19-9-12-22-39(32)51-41)49-36-20-10-7-17-30(36)33-26-40-34(25-37(33)49)31-18-8-11-21-38(31)50-40/h1-26H. The average molecular weight is 687 g/mol. The van der Waals surface area contributed by atoms with Gasteiger partial charge in [0.2, 0.25) is 0 Å². The van der Waals surface area contributed by atoms with Crippen molar-refractivity contribution in [1.29, 1.82) is 0 Å². The second-order valence-corrected chi connectivity index (χ2v) is 15.0. The number of thiophene rings is 2. The van der Waals surface area contributed by atoms with Gasteiger partial charge >= 0.3 is 0 Å². The number of hydrogen-bond acceptors (Lipinski definition) is 5. The van der Waals surface area contributed by atoms with E-state index in [1.54, 1.807) is 0 Å². The minimum absolute atomic E-state index is 0.654. The largest absolute Gasteiger partial charge is 0.309 e. The summed E-state index contributed by atoms with van der Waals surface area (Å²) < 4.78 is 7.48. The van der Waals surface area contributed by atoms with Crippen molar-refractivity contribution in [3.05, 3.63) is 158 Å². The molecule has 0 aliphatic rings. The van der Waals surface area contributed by atoms with Gasteiger partial charge in [-0.05, 0) is 42.5 Å². The van der Waals surface area contributed by atoms with Gasteiger partial charge in [-0.25, -0.2) is 15.0 Å². The average Bonchev–Trinajstić information content (AvgIpc) is 3.86. The molecule has 4 heterocycles. The Bertz CT molecular complexity index is 3080. The van der Waals surface area contributed by atoms with Crippen LogP contribution in [0.25, 0.3) is 102 Å². The van der Waals surface area contributed by atoms with E-state index >= 15 is 0 Å². The third-order valence-electron chi connectivity index (χ3n) is 9.83. The molecule has 11 aromatic rings. The molecule has 7 aromatic carbocycles. The lowest BCUT2D eigenvalue weighted by atomic mass is 10.0. The molecule has 0 aliphatic carbocycles. The fraction of sp³-hybridized carbons (Fsp3) is 0. The SMILES string of the molecule is c1ccc(-c2nc(-c3ccccc3)nc(-c3cc(-n4c5ccccc5c5cc6sc7ccccc7c6cc54)cc4sc5ccccc5c34)n2)cc1. The number of aromatic nitrogens is 4. The van der Waals surface area contributed by atoms with Gasteiger partial charge in [-0.2, -0.15) is 0 Å². The summed E-state index contributed by atoms with van der Waals surface area (Å²) >= 11 is 3.68. The quantitative estimate of drug-likeness (QED) is 0.185. The molecule has 238 valence electrons. The van der Waals surface area contributed by atoms with Gasteiger partial charge < -0.3 is 4.57 Å². The fourth-order valence-corrected chi connectivity index (χ4v) is 9.83. The highest BCUT2D eigenvalue weighted by molar-refractivity contribution is 7.26. The zero-order chi connectivity index (χ0) is 33.5. The maximum Gasteiger partial charge on any atom is 0.164 e. The summed E-state index contributed by atoms with van der Waals surface area (Å²) in [6.07, 6.45) is 0. The number of nitrogens with zero attached hydrogens (tertiary/aromatic N) is 4. The van der Waals surface area contributed by atoms with Gasteiger partial charge in [0.15, 0.2) is 17.5 Å². The van der Waals surface area contributed by atoms with Crippen LogP contribution in [0.4, 0.5) is 0 Å². The van der Waals surface area contributed by atoms with E-state index in [0.717, 1.165) is 27.8 Å². The highest BCUT2D eigenvalue weighted by Crippen LogP contribution is 2.44. The van der Waals surface area contributed by atoms with Crippen molar-refractivity contribution in [2.24, 2.45) is 0 Å². The minimum Gasteiger partial charge on any atom is -0.309 e. The van der Waals surface area contributed by atoms with Gasteiger partial charge in [0.05, 0.1) is 11.0 Å². The Labute approximate surface area is 300 Å². The molecule has 0 unspecified atom stereocenters. The normalized spacial score (nSPS) is 11.9. The summed E-state index contributed by atoms with van der Waals surface area (Å²) in [6, 6.07) is 56.0. The van der Waals surface area contributed by atoms with Crippen LogP contribution in [0.2, 0.25) is 0 Å². The van der Waals surface area contributed by atoms with Gasteiger partial charge in [-0.3, -0.25) is 0 Å². The minimum atomic E-state index is 0.654. The van der Waals surface area contributed by atoms with E-state index in [-0.39, 0.29) is 0 Å². The van der Waals surface area contributed by atoms with E-state index in [9.17, 15) is 0 Å². The van der Waals surface area contributed by atoms with Crippen LogP contribution in [0.3, 0.4) is 0 Å². The Morgan fingerprint density at radius 2 is 0.941 bits per heavy atom. The highest BCUT2D eigenvalue weighted by Gasteiger charge is 2.21. The molecule has 0 aliphatic heterocycles. The van der Waals surface area contributed by atoms with Gasteiger partial charge in [-0.15, -0.1) is 22.7 Å². The van der Waals surface area contributed by atoms with Crippen molar-refractivity contribution in [3.8, 4) is 39.9 Å². The van der Waals surface area contributed by atoms with Crippen molar-refractivity contribution < 1.29 is 0 Å². The van der Waals surface area contributed by atoms with Crippen LogP contribution < -0.4 is 0 Å². The third-order valence-corrected chi connectivity index (χ3v) is 12.1. The summed E-state index contributed by atoms with van der Waals surface area (Å²) in [4.78, 5) is 15.5. The van der Waals surface area contributed by atoms with Gasteiger partial charge in [0.25, 0.3) is 0 Å². The molecule has 4 nitrogen and oxygen atoms in total. The predicted octanol–water partition coefficient (Wildman–Crippen LogP) is 12.7. The first-order valence-electron chi connectivity index (χ1n) is 16.9. The van der Waals surface area contributed by atoms with Crippen LogP contribution in [0.5, 0.6) is 0 Å². The molecule has 0 atom stereocenters. The number of fused-ring (bicyclic) bond motifs is 9. The molecule has 0 fully saturated rings. The van der Waals surface area contributed by atoms with Crippen LogP contribution in [0.15, 0.2) is 158 Å². The van der Waals surface area contributed by atoms with E-state index in [2.05, 4.69) is 126 Å². The Hall–Kier alpha value is -6.21.